The van der Waals surface area contributed by atoms with Crippen molar-refractivity contribution >= 4 is 5.91 Å². The van der Waals surface area contributed by atoms with Gasteiger partial charge in [0.05, 0.1) is 5.56 Å². The Hall–Kier alpha value is -1.69. The van der Waals surface area contributed by atoms with Gasteiger partial charge in [0.2, 0.25) is 0 Å². The van der Waals surface area contributed by atoms with Gasteiger partial charge < -0.3 is 9.64 Å². The molecule has 0 atom stereocenters. The van der Waals surface area contributed by atoms with Crippen LogP contribution in [-0.2, 0) is 0 Å². The maximum atomic E-state index is 12.6. The fraction of sp³-hybridized carbons (Fsp3) is 0.588. The first-order valence-electron chi connectivity index (χ1n) is 8.22. The van der Waals surface area contributed by atoms with E-state index < -0.39 is 6.61 Å². The molecule has 4 nitrogen and oxygen atoms in total. The number of alkyl halides is 2. The van der Waals surface area contributed by atoms with Crippen molar-refractivity contribution in [1.29, 1.82) is 0 Å². The molecule has 1 heterocycles. The van der Waals surface area contributed by atoms with Crippen LogP contribution in [0, 0.1) is 0 Å². The molecule has 2 aliphatic rings. The van der Waals surface area contributed by atoms with Crippen molar-refractivity contribution in [3.05, 3.63) is 29.8 Å². The van der Waals surface area contributed by atoms with Crippen molar-refractivity contribution < 1.29 is 18.3 Å². The van der Waals surface area contributed by atoms with Crippen LogP contribution >= 0.6 is 0 Å². The number of nitrogens with zero attached hydrogens (tertiary/aromatic N) is 2. The Kier molecular flexibility index (Phi) is 5.10. The minimum atomic E-state index is -2.93. The average molecular weight is 324 g/mol. The summed E-state index contributed by atoms with van der Waals surface area (Å²) in [5, 5.41) is 0. The topological polar surface area (TPSA) is 32.8 Å². The number of ether oxygens (including phenoxy) is 1. The molecule has 126 valence electrons. The maximum Gasteiger partial charge on any atom is 0.387 e. The Balaban J connectivity index is 1.63. The molecular formula is C17H22F2N2O2. The second-order valence-electron chi connectivity index (χ2n) is 6.14. The molecule has 1 aromatic rings. The van der Waals surface area contributed by atoms with Crippen LogP contribution in [0.2, 0.25) is 0 Å². The highest BCUT2D eigenvalue weighted by molar-refractivity contribution is 5.97. The predicted octanol–water partition coefficient (Wildman–Crippen LogP) is 2.99. The molecule has 23 heavy (non-hydrogen) atoms. The number of benzene rings is 1. The van der Waals surface area contributed by atoms with Crippen LogP contribution in [0.4, 0.5) is 8.78 Å². The zero-order valence-electron chi connectivity index (χ0n) is 13.1. The number of para-hydroxylation sites is 1. The lowest BCUT2D eigenvalue weighted by Crippen LogP contribution is -2.51. The molecule has 0 N–H and O–H groups in total. The number of carbonyl (C=O) groups excluding carboxylic acids is 1. The van der Waals surface area contributed by atoms with Crippen LogP contribution in [0.5, 0.6) is 5.75 Å². The second kappa shape index (κ2) is 7.25. The van der Waals surface area contributed by atoms with Gasteiger partial charge in [-0.25, -0.2) is 0 Å². The lowest BCUT2D eigenvalue weighted by atomic mass is 10.1. The minimum absolute atomic E-state index is 0.0503. The van der Waals surface area contributed by atoms with Gasteiger partial charge in [0.1, 0.15) is 5.75 Å². The maximum absolute atomic E-state index is 12.6. The van der Waals surface area contributed by atoms with Gasteiger partial charge in [-0.3, -0.25) is 9.69 Å². The first-order chi connectivity index (χ1) is 11.1. The van der Waals surface area contributed by atoms with Crippen LogP contribution < -0.4 is 4.74 Å². The largest absolute Gasteiger partial charge is 0.434 e. The zero-order valence-corrected chi connectivity index (χ0v) is 13.1. The number of piperazine rings is 1. The molecule has 0 bridgehead atoms. The summed E-state index contributed by atoms with van der Waals surface area (Å²) in [6, 6.07) is 6.87. The Morgan fingerprint density at radius 1 is 1.09 bits per heavy atom. The Labute approximate surface area is 135 Å². The zero-order chi connectivity index (χ0) is 16.2. The molecule has 3 rings (SSSR count). The van der Waals surface area contributed by atoms with Crippen LogP contribution in [0.25, 0.3) is 0 Å². The van der Waals surface area contributed by atoms with Gasteiger partial charge in [0, 0.05) is 32.2 Å². The number of halogens is 2. The molecule has 0 unspecified atom stereocenters. The number of hydrogen-bond acceptors (Lipinski definition) is 3. The summed E-state index contributed by atoms with van der Waals surface area (Å²) >= 11 is 0. The van der Waals surface area contributed by atoms with E-state index in [1.165, 1.54) is 31.7 Å². The average Bonchev–Trinajstić information content (AvgIpc) is 3.09. The first-order valence-corrected chi connectivity index (χ1v) is 8.22. The van der Waals surface area contributed by atoms with E-state index in [1.807, 2.05) is 0 Å². The van der Waals surface area contributed by atoms with Gasteiger partial charge in [-0.2, -0.15) is 8.78 Å². The highest BCUT2D eigenvalue weighted by Crippen LogP contribution is 2.26. The second-order valence-corrected chi connectivity index (χ2v) is 6.14. The first kappa shape index (κ1) is 16.2. The number of carbonyl (C=O) groups is 1. The summed E-state index contributed by atoms with van der Waals surface area (Å²) in [5.41, 5.74) is 0.210. The van der Waals surface area contributed by atoms with Crippen LogP contribution in [0.1, 0.15) is 36.0 Å². The molecule has 0 spiro atoms. The molecule has 1 aliphatic heterocycles. The molecule has 0 aromatic heterocycles. The lowest BCUT2D eigenvalue weighted by Gasteiger charge is -2.38. The molecule has 1 saturated carbocycles. The normalized spacial score (nSPS) is 20.2. The van der Waals surface area contributed by atoms with E-state index in [0.29, 0.717) is 19.1 Å². The molecule has 1 amide bonds. The van der Waals surface area contributed by atoms with E-state index in [1.54, 1.807) is 23.1 Å². The molecule has 6 heteroatoms. The van der Waals surface area contributed by atoms with Crippen LogP contribution in [0.3, 0.4) is 0 Å². The van der Waals surface area contributed by atoms with E-state index >= 15 is 0 Å². The monoisotopic (exact) mass is 324 g/mol. The van der Waals surface area contributed by atoms with Gasteiger partial charge in [-0.05, 0) is 25.0 Å². The predicted molar refractivity (Wildman–Crippen MR) is 82.8 cm³/mol. The standard InChI is InChI=1S/C17H22F2N2O2/c18-17(19)23-15-8-4-3-7-14(15)16(22)21-11-9-20(10-12-21)13-5-1-2-6-13/h3-4,7-8,13,17H,1-2,5-6,9-12H2. The molecule has 1 aromatic carbocycles. The third kappa shape index (κ3) is 3.80. The molecule has 2 fully saturated rings. The fourth-order valence-corrected chi connectivity index (χ4v) is 3.57. The third-order valence-corrected chi connectivity index (χ3v) is 4.78. The van der Waals surface area contributed by atoms with Gasteiger partial charge >= 0.3 is 6.61 Å². The third-order valence-electron chi connectivity index (χ3n) is 4.78. The SMILES string of the molecule is O=C(c1ccccc1OC(F)F)N1CCN(C2CCCC2)CC1. The van der Waals surface area contributed by atoms with Crippen molar-refractivity contribution in [3.63, 3.8) is 0 Å². The highest BCUT2D eigenvalue weighted by Gasteiger charge is 2.29. The summed E-state index contributed by atoms with van der Waals surface area (Å²) in [7, 11) is 0. The number of amides is 1. The Morgan fingerprint density at radius 2 is 1.74 bits per heavy atom. The smallest absolute Gasteiger partial charge is 0.387 e. The summed E-state index contributed by atoms with van der Waals surface area (Å²) in [6.45, 7) is 0.0577. The van der Waals surface area contributed by atoms with Crippen LogP contribution in [0.15, 0.2) is 24.3 Å². The summed E-state index contributed by atoms with van der Waals surface area (Å²) in [4.78, 5) is 16.8. The summed E-state index contributed by atoms with van der Waals surface area (Å²) in [5.74, 6) is -0.280. The van der Waals surface area contributed by atoms with Crippen molar-refractivity contribution in [2.75, 3.05) is 26.2 Å². The number of rotatable bonds is 4. The van der Waals surface area contributed by atoms with Crippen molar-refractivity contribution in [2.24, 2.45) is 0 Å². The lowest BCUT2D eigenvalue weighted by molar-refractivity contribution is -0.0503. The van der Waals surface area contributed by atoms with E-state index in [-0.39, 0.29) is 17.2 Å². The highest BCUT2D eigenvalue weighted by atomic mass is 19.3. The molecule has 0 radical (unpaired) electrons. The van der Waals surface area contributed by atoms with Crippen LogP contribution in [-0.4, -0.2) is 54.5 Å². The van der Waals surface area contributed by atoms with Gasteiger partial charge in [0.15, 0.2) is 0 Å². The minimum Gasteiger partial charge on any atom is -0.434 e. The molecule has 1 aliphatic carbocycles. The van der Waals surface area contributed by atoms with Gasteiger partial charge in [0.25, 0.3) is 5.91 Å². The molecule has 1 saturated heterocycles. The van der Waals surface area contributed by atoms with Gasteiger partial charge in [-0.15, -0.1) is 0 Å². The van der Waals surface area contributed by atoms with Crippen molar-refractivity contribution in [1.82, 2.24) is 9.80 Å². The van der Waals surface area contributed by atoms with Crippen molar-refractivity contribution in [3.8, 4) is 5.75 Å². The number of hydrogen-bond donors (Lipinski definition) is 0. The van der Waals surface area contributed by atoms with E-state index in [2.05, 4.69) is 9.64 Å². The Morgan fingerprint density at radius 3 is 2.39 bits per heavy atom. The fourth-order valence-electron chi connectivity index (χ4n) is 3.57. The van der Waals surface area contributed by atoms with E-state index in [0.717, 1.165) is 13.1 Å². The van der Waals surface area contributed by atoms with Gasteiger partial charge in [-0.1, -0.05) is 25.0 Å². The summed E-state index contributed by atoms with van der Waals surface area (Å²) in [6.07, 6.45) is 5.09. The Bertz CT molecular complexity index is 539. The quantitative estimate of drug-likeness (QED) is 0.853. The van der Waals surface area contributed by atoms with E-state index in [9.17, 15) is 13.6 Å². The summed E-state index contributed by atoms with van der Waals surface area (Å²) < 4.78 is 29.4. The van der Waals surface area contributed by atoms with E-state index in [4.69, 9.17) is 0 Å². The van der Waals surface area contributed by atoms with Crippen molar-refractivity contribution in [2.45, 2.75) is 38.3 Å². The molecular weight excluding hydrogens is 302 g/mol.